The number of pyridine rings is 1. The largest absolute Gasteiger partial charge is 0.313 e. The van der Waals surface area contributed by atoms with Gasteiger partial charge < -0.3 is 5.32 Å². The highest BCUT2D eigenvalue weighted by molar-refractivity contribution is 5.78. The van der Waals surface area contributed by atoms with Gasteiger partial charge in [0.2, 0.25) is 0 Å². The molecule has 0 aliphatic rings. The molecule has 2 heteroatoms. The average Bonchev–Trinajstić information content (AvgIpc) is 2.42. The van der Waals surface area contributed by atoms with Crippen LogP contribution in [0.25, 0.3) is 10.9 Å². The van der Waals surface area contributed by atoms with Gasteiger partial charge in [0.15, 0.2) is 0 Å². The fraction of sp³-hybridized carbons (Fsp3) is 0.526. The van der Waals surface area contributed by atoms with Gasteiger partial charge in [0.05, 0.1) is 5.52 Å². The molecule has 1 aromatic heterocycles. The van der Waals surface area contributed by atoms with E-state index in [1.165, 1.54) is 17.4 Å². The molecule has 0 bridgehead atoms. The van der Waals surface area contributed by atoms with Gasteiger partial charge in [0, 0.05) is 17.6 Å². The predicted octanol–water partition coefficient (Wildman–Crippen LogP) is 4.96. The molecule has 1 heterocycles. The van der Waals surface area contributed by atoms with Crippen molar-refractivity contribution in [2.45, 2.75) is 46.6 Å². The number of nitrogens with zero attached hydrogens (tertiary/aromatic N) is 1. The molecule has 1 aromatic carbocycles. The highest BCUT2D eigenvalue weighted by Gasteiger charge is 2.19. The number of rotatable bonds is 5. The van der Waals surface area contributed by atoms with Crippen molar-refractivity contribution in [3.63, 3.8) is 0 Å². The monoisotopic (exact) mass is 284 g/mol. The summed E-state index contributed by atoms with van der Waals surface area (Å²) >= 11 is 0. The molecule has 2 rings (SSSR count). The minimum atomic E-state index is 0.374. The second-order valence-corrected chi connectivity index (χ2v) is 7.41. The van der Waals surface area contributed by atoms with Crippen LogP contribution in [-0.2, 0) is 0 Å². The summed E-state index contributed by atoms with van der Waals surface area (Å²) in [7, 11) is 2.05. The summed E-state index contributed by atoms with van der Waals surface area (Å²) in [6, 6.07) is 11.0. The van der Waals surface area contributed by atoms with Crippen molar-refractivity contribution in [3.05, 3.63) is 42.1 Å². The summed E-state index contributed by atoms with van der Waals surface area (Å²) in [4.78, 5) is 4.59. The van der Waals surface area contributed by atoms with E-state index in [1.807, 2.05) is 19.3 Å². The van der Waals surface area contributed by atoms with Crippen molar-refractivity contribution in [1.29, 1.82) is 0 Å². The molecule has 0 saturated heterocycles. The van der Waals surface area contributed by atoms with Gasteiger partial charge in [-0.1, -0.05) is 45.9 Å². The molecule has 2 atom stereocenters. The highest BCUT2D eigenvalue weighted by atomic mass is 14.9. The zero-order valence-corrected chi connectivity index (χ0v) is 14.0. The van der Waals surface area contributed by atoms with Gasteiger partial charge >= 0.3 is 0 Å². The summed E-state index contributed by atoms with van der Waals surface area (Å²) in [5.41, 5.74) is 2.75. The van der Waals surface area contributed by atoms with E-state index in [0.717, 1.165) is 11.9 Å². The molecular formula is C19H28N2. The average molecular weight is 284 g/mol. The van der Waals surface area contributed by atoms with Crippen molar-refractivity contribution in [1.82, 2.24) is 10.3 Å². The third-order valence-corrected chi connectivity index (χ3v) is 3.96. The smallest absolute Gasteiger partial charge is 0.0702 e. The lowest BCUT2D eigenvalue weighted by atomic mass is 9.82. The van der Waals surface area contributed by atoms with Crippen molar-refractivity contribution in [2.75, 3.05) is 7.05 Å². The maximum Gasteiger partial charge on any atom is 0.0702 e. The molecule has 0 radical (unpaired) electrons. The van der Waals surface area contributed by atoms with Gasteiger partial charge in [0.1, 0.15) is 0 Å². The number of fused-ring (bicyclic) bond motifs is 1. The van der Waals surface area contributed by atoms with Crippen LogP contribution in [0.15, 0.2) is 36.5 Å². The van der Waals surface area contributed by atoms with Crippen LogP contribution >= 0.6 is 0 Å². The van der Waals surface area contributed by atoms with Crippen LogP contribution < -0.4 is 5.32 Å². The molecule has 2 unspecified atom stereocenters. The molecule has 114 valence electrons. The molecule has 0 amide bonds. The van der Waals surface area contributed by atoms with Gasteiger partial charge in [-0.2, -0.15) is 0 Å². The number of aromatic nitrogens is 1. The van der Waals surface area contributed by atoms with Crippen LogP contribution in [0.3, 0.4) is 0 Å². The fourth-order valence-corrected chi connectivity index (χ4v) is 3.23. The first-order valence-electron chi connectivity index (χ1n) is 7.91. The lowest BCUT2D eigenvalue weighted by Gasteiger charge is -2.26. The molecular weight excluding hydrogens is 256 g/mol. The Kier molecular flexibility index (Phi) is 5.00. The number of benzene rings is 1. The van der Waals surface area contributed by atoms with Crippen molar-refractivity contribution >= 4 is 10.9 Å². The minimum absolute atomic E-state index is 0.374. The molecule has 2 nitrogen and oxygen atoms in total. The SMILES string of the molecule is CNC(CC(C)CC(C)(C)C)c1cnc2ccccc2c1. The van der Waals surface area contributed by atoms with Gasteiger partial charge in [0.25, 0.3) is 0 Å². The van der Waals surface area contributed by atoms with E-state index in [2.05, 4.69) is 62.3 Å². The van der Waals surface area contributed by atoms with Crippen LogP contribution in [0.1, 0.15) is 52.1 Å². The Morgan fingerprint density at radius 1 is 1.19 bits per heavy atom. The summed E-state index contributed by atoms with van der Waals surface area (Å²) in [5, 5.41) is 4.68. The van der Waals surface area contributed by atoms with Gasteiger partial charge in [-0.3, -0.25) is 4.98 Å². The summed E-state index contributed by atoms with van der Waals surface area (Å²) in [6.07, 6.45) is 4.41. The van der Waals surface area contributed by atoms with E-state index in [1.54, 1.807) is 0 Å². The zero-order valence-electron chi connectivity index (χ0n) is 14.0. The topological polar surface area (TPSA) is 24.9 Å². The summed E-state index contributed by atoms with van der Waals surface area (Å²) in [6.45, 7) is 9.30. The Hall–Kier alpha value is -1.41. The lowest BCUT2D eigenvalue weighted by Crippen LogP contribution is -2.21. The van der Waals surface area contributed by atoms with Crippen LogP contribution in [0, 0.1) is 11.3 Å². The Bertz CT molecular complexity index is 583. The predicted molar refractivity (Wildman–Crippen MR) is 91.4 cm³/mol. The first-order valence-corrected chi connectivity index (χ1v) is 7.91. The molecule has 0 fully saturated rings. The highest BCUT2D eigenvalue weighted by Crippen LogP contribution is 2.30. The summed E-state index contributed by atoms with van der Waals surface area (Å²) < 4.78 is 0. The Morgan fingerprint density at radius 2 is 1.90 bits per heavy atom. The molecule has 0 saturated carbocycles. The maximum absolute atomic E-state index is 4.59. The number of nitrogens with one attached hydrogen (secondary N) is 1. The van der Waals surface area contributed by atoms with Crippen LogP contribution in [-0.4, -0.2) is 12.0 Å². The van der Waals surface area contributed by atoms with Crippen LogP contribution in [0.5, 0.6) is 0 Å². The van der Waals surface area contributed by atoms with Crippen molar-refractivity contribution in [3.8, 4) is 0 Å². The van der Waals surface area contributed by atoms with Gasteiger partial charge in [-0.05, 0) is 48.9 Å². The summed E-state index contributed by atoms with van der Waals surface area (Å²) in [5.74, 6) is 0.689. The van der Waals surface area contributed by atoms with Gasteiger partial charge in [-0.15, -0.1) is 0 Å². The van der Waals surface area contributed by atoms with Crippen molar-refractivity contribution < 1.29 is 0 Å². The zero-order chi connectivity index (χ0) is 15.5. The van der Waals surface area contributed by atoms with E-state index in [0.29, 0.717) is 17.4 Å². The third kappa shape index (κ3) is 4.53. The Balaban J connectivity index is 2.15. The molecule has 1 N–H and O–H groups in total. The maximum atomic E-state index is 4.59. The number of hydrogen-bond acceptors (Lipinski definition) is 2. The van der Waals surface area contributed by atoms with E-state index in [4.69, 9.17) is 0 Å². The Morgan fingerprint density at radius 3 is 2.57 bits per heavy atom. The van der Waals surface area contributed by atoms with Crippen molar-refractivity contribution in [2.24, 2.45) is 11.3 Å². The normalized spacial score (nSPS) is 15.1. The quantitative estimate of drug-likeness (QED) is 0.839. The molecule has 2 aromatic rings. The fourth-order valence-electron chi connectivity index (χ4n) is 3.23. The van der Waals surface area contributed by atoms with Crippen LogP contribution in [0.2, 0.25) is 0 Å². The Labute approximate surface area is 129 Å². The first kappa shape index (κ1) is 16.0. The minimum Gasteiger partial charge on any atom is -0.313 e. The first-order chi connectivity index (χ1) is 9.89. The molecule has 0 spiro atoms. The second kappa shape index (κ2) is 6.57. The standard InChI is InChI=1S/C19H28N2/c1-14(12-19(2,3)4)10-18(20-5)16-11-15-8-6-7-9-17(15)21-13-16/h6-9,11,13-14,18,20H,10,12H2,1-5H3. The lowest BCUT2D eigenvalue weighted by molar-refractivity contribution is 0.279. The molecule has 0 aliphatic heterocycles. The number of hydrogen-bond donors (Lipinski definition) is 1. The van der Waals surface area contributed by atoms with E-state index >= 15 is 0 Å². The van der Waals surface area contributed by atoms with Gasteiger partial charge in [-0.25, -0.2) is 0 Å². The molecule has 0 aliphatic carbocycles. The third-order valence-electron chi connectivity index (χ3n) is 3.96. The van der Waals surface area contributed by atoms with E-state index in [-0.39, 0.29) is 0 Å². The number of para-hydroxylation sites is 1. The van der Waals surface area contributed by atoms with E-state index in [9.17, 15) is 0 Å². The molecule has 21 heavy (non-hydrogen) atoms. The van der Waals surface area contributed by atoms with Crippen LogP contribution in [0.4, 0.5) is 0 Å². The van der Waals surface area contributed by atoms with E-state index < -0.39 is 0 Å². The second-order valence-electron chi connectivity index (χ2n) is 7.41.